The smallest absolute Gasteiger partial charge is 0.223 e. The molecule has 0 saturated carbocycles. The van der Waals surface area contributed by atoms with Crippen LogP contribution < -0.4 is 5.32 Å². The average Bonchev–Trinajstić information content (AvgIpc) is 3.46. The van der Waals surface area contributed by atoms with E-state index in [0.717, 1.165) is 29.7 Å². The summed E-state index contributed by atoms with van der Waals surface area (Å²) in [5.41, 5.74) is 7.04. The summed E-state index contributed by atoms with van der Waals surface area (Å²) >= 11 is 0. The van der Waals surface area contributed by atoms with Crippen molar-refractivity contribution in [1.82, 2.24) is 19.4 Å². The Morgan fingerprint density at radius 1 is 1.03 bits per heavy atom. The third-order valence-electron chi connectivity index (χ3n) is 6.33. The highest BCUT2D eigenvalue weighted by Gasteiger charge is 2.23. The number of hydrogen-bond acceptors (Lipinski definition) is 5. The van der Waals surface area contributed by atoms with Crippen molar-refractivity contribution in [3.63, 3.8) is 0 Å². The lowest BCUT2D eigenvalue weighted by molar-refractivity contribution is 0.282. The summed E-state index contributed by atoms with van der Waals surface area (Å²) in [5, 5.41) is 13.1. The molecule has 2 N–H and O–H groups in total. The number of benzene rings is 2. The molecular formula is C27H22FN5O. The van der Waals surface area contributed by atoms with E-state index in [0.29, 0.717) is 23.0 Å². The van der Waals surface area contributed by atoms with E-state index in [1.165, 1.54) is 23.3 Å². The molecule has 1 aliphatic carbocycles. The van der Waals surface area contributed by atoms with Gasteiger partial charge in [-0.1, -0.05) is 24.3 Å². The highest BCUT2D eigenvalue weighted by atomic mass is 19.1. The number of fused-ring (bicyclic) bond motifs is 2. The van der Waals surface area contributed by atoms with E-state index in [4.69, 9.17) is 9.97 Å². The predicted molar refractivity (Wildman–Crippen MR) is 129 cm³/mol. The van der Waals surface area contributed by atoms with Crippen LogP contribution in [-0.4, -0.2) is 24.5 Å². The highest BCUT2D eigenvalue weighted by molar-refractivity contribution is 5.80. The summed E-state index contributed by atoms with van der Waals surface area (Å²) < 4.78 is 15.5. The van der Waals surface area contributed by atoms with Gasteiger partial charge in [0, 0.05) is 18.0 Å². The molecule has 168 valence electrons. The number of nitrogens with one attached hydrogen (secondary N) is 1. The molecule has 0 radical (unpaired) electrons. The molecule has 3 aromatic heterocycles. The summed E-state index contributed by atoms with van der Waals surface area (Å²) in [6.07, 6.45) is 5.64. The number of imidazole rings is 1. The van der Waals surface area contributed by atoms with E-state index in [1.54, 1.807) is 18.3 Å². The van der Waals surface area contributed by atoms with Crippen molar-refractivity contribution >= 4 is 11.6 Å². The first-order chi connectivity index (χ1) is 16.7. The van der Waals surface area contributed by atoms with Gasteiger partial charge in [-0.25, -0.2) is 19.3 Å². The van der Waals surface area contributed by atoms with Gasteiger partial charge in [-0.3, -0.25) is 4.40 Å². The normalized spacial score (nSPS) is 14.9. The topological polar surface area (TPSA) is 75.3 Å². The Kier molecular flexibility index (Phi) is 5.04. The zero-order valence-corrected chi connectivity index (χ0v) is 18.3. The van der Waals surface area contributed by atoms with Gasteiger partial charge in [-0.15, -0.1) is 0 Å². The molecule has 0 spiro atoms. The summed E-state index contributed by atoms with van der Waals surface area (Å²) in [7, 11) is 0. The minimum Gasteiger partial charge on any atom is -0.392 e. The van der Waals surface area contributed by atoms with Crippen LogP contribution in [0, 0.1) is 5.82 Å². The third-order valence-corrected chi connectivity index (χ3v) is 6.33. The standard InChI is InChI=1S/C27H22FN5O/c28-20-8-5-19(6-9-20)25-26(33-14-12-17(16-34)15-24(33)32-25)23-11-13-29-27(31-23)30-22-10-7-18-3-1-2-4-21(18)22/h1-6,8-9,11-15,22,34H,7,10,16H2,(H,29,30,31). The van der Waals surface area contributed by atoms with E-state index >= 15 is 0 Å². The summed E-state index contributed by atoms with van der Waals surface area (Å²) in [6.45, 7) is -0.0744. The minimum atomic E-state index is -0.304. The first kappa shape index (κ1) is 20.5. The molecule has 0 bridgehead atoms. The molecule has 1 aliphatic rings. The van der Waals surface area contributed by atoms with Gasteiger partial charge in [0.15, 0.2) is 0 Å². The molecule has 0 fully saturated rings. The fourth-order valence-electron chi connectivity index (χ4n) is 4.66. The molecule has 6 nitrogen and oxygen atoms in total. The number of aromatic nitrogens is 4. The summed E-state index contributed by atoms with van der Waals surface area (Å²) in [6, 6.07) is 20.4. The monoisotopic (exact) mass is 451 g/mol. The predicted octanol–water partition coefficient (Wildman–Crippen LogP) is 5.19. The Morgan fingerprint density at radius 3 is 2.74 bits per heavy atom. The molecule has 34 heavy (non-hydrogen) atoms. The maximum Gasteiger partial charge on any atom is 0.223 e. The number of hydrogen-bond donors (Lipinski definition) is 2. The molecule has 6 rings (SSSR count). The number of anilines is 1. The first-order valence-electron chi connectivity index (χ1n) is 11.2. The number of aliphatic hydroxyl groups excluding tert-OH is 1. The van der Waals surface area contributed by atoms with E-state index in [9.17, 15) is 9.50 Å². The Morgan fingerprint density at radius 2 is 1.88 bits per heavy atom. The van der Waals surface area contributed by atoms with E-state index in [2.05, 4.69) is 34.6 Å². The largest absolute Gasteiger partial charge is 0.392 e. The molecule has 3 heterocycles. The number of pyridine rings is 1. The van der Waals surface area contributed by atoms with Crippen molar-refractivity contribution in [3.05, 3.63) is 102 Å². The zero-order chi connectivity index (χ0) is 23.1. The second-order valence-corrected chi connectivity index (χ2v) is 8.44. The van der Waals surface area contributed by atoms with Crippen LogP contribution in [0.4, 0.5) is 10.3 Å². The Hall–Kier alpha value is -4.10. The van der Waals surface area contributed by atoms with Crippen molar-refractivity contribution in [2.45, 2.75) is 25.5 Å². The van der Waals surface area contributed by atoms with Gasteiger partial charge in [0.25, 0.3) is 0 Å². The van der Waals surface area contributed by atoms with Gasteiger partial charge < -0.3 is 10.4 Å². The Bertz CT molecular complexity index is 1500. The molecule has 1 unspecified atom stereocenters. The van der Waals surface area contributed by atoms with Crippen LogP contribution >= 0.6 is 0 Å². The van der Waals surface area contributed by atoms with E-state index < -0.39 is 0 Å². The number of nitrogens with zero attached hydrogens (tertiary/aromatic N) is 4. The van der Waals surface area contributed by atoms with Crippen molar-refractivity contribution < 1.29 is 9.50 Å². The quantitative estimate of drug-likeness (QED) is 0.385. The fourth-order valence-corrected chi connectivity index (χ4v) is 4.66. The lowest BCUT2D eigenvalue weighted by Crippen LogP contribution is -2.10. The summed E-state index contributed by atoms with van der Waals surface area (Å²) in [4.78, 5) is 14.1. The van der Waals surface area contributed by atoms with Gasteiger partial charge in [0.2, 0.25) is 5.95 Å². The van der Waals surface area contributed by atoms with Crippen LogP contribution in [0.2, 0.25) is 0 Å². The van der Waals surface area contributed by atoms with Crippen LogP contribution in [-0.2, 0) is 13.0 Å². The third kappa shape index (κ3) is 3.60. The molecule has 5 aromatic rings. The van der Waals surface area contributed by atoms with Crippen LogP contribution in [0.5, 0.6) is 0 Å². The highest BCUT2D eigenvalue weighted by Crippen LogP contribution is 2.35. The average molecular weight is 452 g/mol. The summed E-state index contributed by atoms with van der Waals surface area (Å²) in [5.74, 6) is 0.244. The Balaban J connectivity index is 1.45. The molecule has 7 heteroatoms. The molecule has 0 aliphatic heterocycles. The van der Waals surface area contributed by atoms with Crippen LogP contribution in [0.25, 0.3) is 28.3 Å². The molecule has 2 aromatic carbocycles. The lowest BCUT2D eigenvalue weighted by atomic mass is 10.1. The number of rotatable bonds is 5. The van der Waals surface area contributed by atoms with Crippen LogP contribution in [0.15, 0.2) is 79.1 Å². The number of halogens is 1. The molecule has 0 saturated heterocycles. The zero-order valence-electron chi connectivity index (χ0n) is 18.3. The molecular weight excluding hydrogens is 429 g/mol. The van der Waals surface area contributed by atoms with Crippen molar-refractivity contribution in [2.75, 3.05) is 5.32 Å². The van der Waals surface area contributed by atoms with Crippen molar-refractivity contribution in [3.8, 4) is 22.6 Å². The SMILES string of the molecule is OCc1ccn2c(-c3ccnc(NC4CCc5ccccc54)n3)c(-c3ccc(F)cc3)nc2c1. The van der Waals surface area contributed by atoms with Gasteiger partial charge in [-0.2, -0.15) is 0 Å². The number of aliphatic hydroxyl groups is 1. The maximum absolute atomic E-state index is 13.6. The number of aryl methyl sites for hydroxylation is 1. The first-order valence-corrected chi connectivity index (χ1v) is 11.2. The van der Waals surface area contributed by atoms with Crippen LogP contribution in [0.3, 0.4) is 0 Å². The maximum atomic E-state index is 13.6. The van der Waals surface area contributed by atoms with Gasteiger partial charge >= 0.3 is 0 Å². The van der Waals surface area contributed by atoms with Gasteiger partial charge in [0.1, 0.15) is 11.5 Å². The molecule has 0 amide bonds. The van der Waals surface area contributed by atoms with Crippen LogP contribution in [0.1, 0.15) is 29.2 Å². The van der Waals surface area contributed by atoms with Gasteiger partial charge in [0.05, 0.1) is 29.7 Å². The van der Waals surface area contributed by atoms with E-state index in [1.807, 2.05) is 28.8 Å². The minimum absolute atomic E-state index is 0.0744. The second kappa shape index (κ2) is 8.35. The fraction of sp³-hybridized carbons (Fsp3) is 0.148. The van der Waals surface area contributed by atoms with Crippen molar-refractivity contribution in [2.24, 2.45) is 0 Å². The lowest BCUT2D eigenvalue weighted by Gasteiger charge is -2.14. The Labute approximate surface area is 195 Å². The van der Waals surface area contributed by atoms with Crippen molar-refractivity contribution in [1.29, 1.82) is 0 Å². The second-order valence-electron chi connectivity index (χ2n) is 8.44. The van der Waals surface area contributed by atoms with E-state index in [-0.39, 0.29) is 18.5 Å². The molecule has 1 atom stereocenters. The van der Waals surface area contributed by atoms with Gasteiger partial charge in [-0.05, 0) is 72.0 Å².